The maximum absolute atomic E-state index is 12.7. The van der Waals surface area contributed by atoms with Crippen LogP contribution in [0.1, 0.15) is 32.0 Å². The van der Waals surface area contributed by atoms with Crippen molar-refractivity contribution >= 4 is 0 Å². The van der Waals surface area contributed by atoms with Gasteiger partial charge in [0, 0.05) is 13.1 Å². The molecule has 1 aromatic rings. The first kappa shape index (κ1) is 11.1. The van der Waals surface area contributed by atoms with Gasteiger partial charge in [0.15, 0.2) is 0 Å². The van der Waals surface area contributed by atoms with E-state index in [4.69, 9.17) is 0 Å². The van der Waals surface area contributed by atoms with Crippen LogP contribution in [0.25, 0.3) is 0 Å². The minimum atomic E-state index is -0.230. The molecule has 0 N–H and O–H groups in total. The van der Waals surface area contributed by atoms with Gasteiger partial charge in [-0.3, -0.25) is 9.88 Å². The molecule has 0 saturated heterocycles. The van der Waals surface area contributed by atoms with Crippen molar-refractivity contribution in [2.45, 2.75) is 33.9 Å². The van der Waals surface area contributed by atoms with E-state index < -0.39 is 0 Å². The molecule has 2 rings (SSSR count). The van der Waals surface area contributed by atoms with Crippen LogP contribution in [0.15, 0.2) is 12.3 Å². The number of halogens is 1. The van der Waals surface area contributed by atoms with Crippen LogP contribution in [-0.2, 0) is 13.1 Å². The zero-order chi connectivity index (χ0) is 10.6. The van der Waals surface area contributed by atoms with Crippen molar-refractivity contribution < 1.29 is 4.39 Å². The summed E-state index contributed by atoms with van der Waals surface area (Å²) in [6.45, 7) is 8.81. The average molecular weight is 196 g/mol. The predicted octanol–water partition coefficient (Wildman–Crippen LogP) is 2.58. The lowest BCUT2D eigenvalue weighted by atomic mass is 10.2. The summed E-state index contributed by atoms with van der Waals surface area (Å²) in [5.74, 6) is -0.230. The van der Waals surface area contributed by atoms with E-state index in [9.17, 15) is 4.39 Å². The van der Waals surface area contributed by atoms with Crippen LogP contribution >= 0.6 is 0 Å². The first-order valence-corrected chi connectivity index (χ1v) is 5.15. The second kappa shape index (κ2) is 5.05. The summed E-state index contributed by atoms with van der Waals surface area (Å²) in [4.78, 5) is 6.27. The molecule has 1 aliphatic heterocycles. The maximum atomic E-state index is 12.7. The highest BCUT2D eigenvalue weighted by molar-refractivity contribution is 5.24. The maximum Gasteiger partial charge on any atom is 0.141 e. The van der Waals surface area contributed by atoms with Crippen LogP contribution in [0.4, 0.5) is 4.39 Å². The molecule has 0 unspecified atom stereocenters. The minimum absolute atomic E-state index is 0.230. The monoisotopic (exact) mass is 196 g/mol. The highest BCUT2D eigenvalue weighted by atomic mass is 19.1. The second-order valence-corrected chi connectivity index (χ2v) is 3.06. The van der Waals surface area contributed by atoms with Gasteiger partial charge in [0.2, 0.25) is 0 Å². The third-order valence-electron chi connectivity index (χ3n) is 2.24. The Morgan fingerprint density at radius 3 is 2.79 bits per heavy atom. The molecule has 0 radical (unpaired) electrons. The molecule has 0 spiro atoms. The SMILES string of the molecule is CC.CCN1Cc2cc(F)cnc2C1. The molecule has 0 atom stereocenters. The van der Waals surface area contributed by atoms with Gasteiger partial charge in [-0.2, -0.15) is 0 Å². The Labute approximate surface area is 84.8 Å². The largest absolute Gasteiger partial charge is 0.293 e. The molecule has 0 aliphatic carbocycles. The van der Waals surface area contributed by atoms with Gasteiger partial charge < -0.3 is 0 Å². The molecule has 0 amide bonds. The van der Waals surface area contributed by atoms with E-state index >= 15 is 0 Å². The van der Waals surface area contributed by atoms with Crippen LogP contribution in [0.2, 0.25) is 0 Å². The summed E-state index contributed by atoms with van der Waals surface area (Å²) in [6, 6.07) is 1.58. The Hall–Kier alpha value is -0.960. The molecule has 78 valence electrons. The van der Waals surface area contributed by atoms with Crippen LogP contribution in [0.5, 0.6) is 0 Å². The highest BCUT2D eigenvalue weighted by Gasteiger charge is 2.18. The van der Waals surface area contributed by atoms with Crippen LogP contribution < -0.4 is 0 Å². The number of pyridine rings is 1. The van der Waals surface area contributed by atoms with E-state index in [2.05, 4.69) is 16.8 Å². The van der Waals surface area contributed by atoms with Gasteiger partial charge in [-0.1, -0.05) is 20.8 Å². The lowest BCUT2D eigenvalue weighted by Gasteiger charge is -2.08. The van der Waals surface area contributed by atoms with Crippen molar-refractivity contribution in [3.05, 3.63) is 29.3 Å². The quantitative estimate of drug-likeness (QED) is 0.686. The fourth-order valence-electron chi connectivity index (χ4n) is 1.52. The molecule has 1 aromatic heterocycles. The molecule has 14 heavy (non-hydrogen) atoms. The summed E-state index contributed by atoms with van der Waals surface area (Å²) in [7, 11) is 0. The second-order valence-electron chi connectivity index (χ2n) is 3.06. The topological polar surface area (TPSA) is 16.1 Å². The summed E-state index contributed by atoms with van der Waals surface area (Å²) in [5, 5.41) is 0. The minimum Gasteiger partial charge on any atom is -0.293 e. The van der Waals surface area contributed by atoms with Gasteiger partial charge in [-0.05, 0) is 18.2 Å². The fourth-order valence-corrected chi connectivity index (χ4v) is 1.52. The number of hydrogen-bond acceptors (Lipinski definition) is 2. The summed E-state index contributed by atoms with van der Waals surface area (Å²) >= 11 is 0. The molecule has 0 bridgehead atoms. The number of fused-ring (bicyclic) bond motifs is 1. The van der Waals surface area contributed by atoms with Gasteiger partial charge in [0.05, 0.1) is 11.9 Å². The molecule has 3 heteroatoms. The van der Waals surface area contributed by atoms with Crippen molar-refractivity contribution in [3.8, 4) is 0 Å². The van der Waals surface area contributed by atoms with E-state index in [0.717, 1.165) is 30.9 Å². The molecular weight excluding hydrogens is 179 g/mol. The van der Waals surface area contributed by atoms with Gasteiger partial charge in [-0.15, -0.1) is 0 Å². The predicted molar refractivity (Wildman–Crippen MR) is 55.3 cm³/mol. The number of hydrogen-bond donors (Lipinski definition) is 0. The first-order valence-electron chi connectivity index (χ1n) is 5.15. The van der Waals surface area contributed by atoms with Gasteiger partial charge in [0.1, 0.15) is 5.82 Å². The summed E-state index contributed by atoms with van der Waals surface area (Å²) in [6.07, 6.45) is 1.29. The molecule has 0 aromatic carbocycles. The van der Waals surface area contributed by atoms with E-state index in [1.165, 1.54) is 6.20 Å². The van der Waals surface area contributed by atoms with E-state index in [1.54, 1.807) is 6.07 Å². The van der Waals surface area contributed by atoms with E-state index in [0.29, 0.717) is 0 Å². The normalized spacial score (nSPS) is 14.6. The Kier molecular flexibility index (Phi) is 4.01. The van der Waals surface area contributed by atoms with Crippen molar-refractivity contribution in [1.29, 1.82) is 0 Å². The van der Waals surface area contributed by atoms with Crippen LogP contribution in [0.3, 0.4) is 0 Å². The fraction of sp³-hybridized carbons (Fsp3) is 0.545. The number of aromatic nitrogens is 1. The molecule has 0 saturated carbocycles. The summed E-state index contributed by atoms with van der Waals surface area (Å²) < 4.78 is 12.7. The third-order valence-corrected chi connectivity index (χ3v) is 2.24. The van der Waals surface area contributed by atoms with Gasteiger partial charge in [0.25, 0.3) is 0 Å². The zero-order valence-electron chi connectivity index (χ0n) is 9.05. The van der Waals surface area contributed by atoms with Crippen molar-refractivity contribution in [2.24, 2.45) is 0 Å². The Morgan fingerprint density at radius 2 is 2.14 bits per heavy atom. The van der Waals surface area contributed by atoms with E-state index in [1.807, 2.05) is 13.8 Å². The number of rotatable bonds is 1. The van der Waals surface area contributed by atoms with Crippen molar-refractivity contribution in [1.82, 2.24) is 9.88 Å². The van der Waals surface area contributed by atoms with E-state index in [-0.39, 0.29) is 5.82 Å². The smallest absolute Gasteiger partial charge is 0.141 e. The lowest BCUT2D eigenvalue weighted by molar-refractivity contribution is 0.299. The first-order chi connectivity index (χ1) is 6.79. The molecule has 2 heterocycles. The standard InChI is InChI=1S/C9H11FN2.C2H6/c1-2-12-5-7-3-8(10)4-11-9(7)6-12;1-2/h3-4H,2,5-6H2,1H3;1-2H3. The van der Waals surface area contributed by atoms with Crippen LogP contribution in [0, 0.1) is 5.82 Å². The van der Waals surface area contributed by atoms with Gasteiger partial charge in [-0.25, -0.2) is 4.39 Å². The summed E-state index contributed by atoms with van der Waals surface area (Å²) in [5.41, 5.74) is 2.06. The van der Waals surface area contributed by atoms with Crippen molar-refractivity contribution in [3.63, 3.8) is 0 Å². The molecule has 0 fully saturated rings. The molecule has 1 aliphatic rings. The Balaban J connectivity index is 0.000000461. The number of nitrogens with zero attached hydrogens (tertiary/aromatic N) is 2. The molecular formula is C11H17FN2. The lowest BCUT2D eigenvalue weighted by Crippen LogP contribution is -2.14. The third kappa shape index (κ3) is 2.29. The van der Waals surface area contributed by atoms with Crippen LogP contribution in [-0.4, -0.2) is 16.4 Å². The zero-order valence-corrected chi connectivity index (χ0v) is 9.05. The Bertz CT molecular complexity index is 299. The van der Waals surface area contributed by atoms with Gasteiger partial charge >= 0.3 is 0 Å². The average Bonchev–Trinajstić information content (AvgIpc) is 2.62. The highest BCUT2D eigenvalue weighted by Crippen LogP contribution is 2.20. The Morgan fingerprint density at radius 1 is 1.43 bits per heavy atom. The molecule has 2 nitrogen and oxygen atoms in total. The van der Waals surface area contributed by atoms with Crippen molar-refractivity contribution in [2.75, 3.05) is 6.54 Å².